The fourth-order valence-electron chi connectivity index (χ4n) is 0.198. The van der Waals surface area contributed by atoms with Gasteiger partial charge in [0.05, 0.1) is 6.42 Å². The molecule has 0 amide bonds. The first-order chi connectivity index (χ1) is 4.20. The van der Waals surface area contributed by atoms with Crippen molar-refractivity contribution in [2.24, 2.45) is 0 Å². The van der Waals surface area contributed by atoms with Gasteiger partial charge < -0.3 is 4.74 Å². The van der Waals surface area contributed by atoms with E-state index in [2.05, 4.69) is 4.74 Å². The van der Waals surface area contributed by atoms with E-state index < -0.39 is 11.9 Å². The molecule has 0 rings (SSSR count). The van der Waals surface area contributed by atoms with Crippen LogP contribution in [-0.4, -0.2) is 17.8 Å². The Morgan fingerprint density at radius 3 is 2.56 bits per heavy atom. The predicted molar refractivity (Wildman–Crippen MR) is 31.8 cm³/mol. The van der Waals surface area contributed by atoms with E-state index in [1.54, 1.807) is 0 Å². The normalized spacial score (nSPS) is 8.67. The van der Waals surface area contributed by atoms with E-state index in [-0.39, 0.29) is 5.88 Å². The highest BCUT2D eigenvalue weighted by molar-refractivity contribution is 6.27. The van der Waals surface area contributed by atoms with Crippen molar-refractivity contribution < 1.29 is 14.3 Å². The molecule has 3 nitrogen and oxygen atoms in total. The lowest BCUT2D eigenvalue weighted by Crippen LogP contribution is -2.12. The average Bonchev–Trinajstić information content (AvgIpc) is 1.87. The van der Waals surface area contributed by atoms with Gasteiger partial charge in [0.2, 0.25) is 0 Å². The highest BCUT2D eigenvalue weighted by Crippen LogP contribution is 1.86. The minimum atomic E-state index is -0.722. The van der Waals surface area contributed by atoms with Crippen molar-refractivity contribution in [1.29, 1.82) is 0 Å². The van der Waals surface area contributed by atoms with Crippen molar-refractivity contribution in [3.05, 3.63) is 6.42 Å². The number of ether oxygens (including phenoxy) is 1. The first kappa shape index (κ1) is 8.43. The first-order valence-corrected chi connectivity index (χ1v) is 2.84. The SMILES string of the molecule is C[CH]C(=O)OC(=O)CCl. The number of esters is 2. The number of alkyl halides is 1. The van der Waals surface area contributed by atoms with Crippen LogP contribution in [-0.2, 0) is 14.3 Å². The van der Waals surface area contributed by atoms with Gasteiger partial charge in [-0.15, -0.1) is 11.6 Å². The molecule has 0 aliphatic carbocycles. The van der Waals surface area contributed by atoms with Gasteiger partial charge in [0, 0.05) is 0 Å². The highest BCUT2D eigenvalue weighted by Gasteiger charge is 2.05. The zero-order valence-electron chi connectivity index (χ0n) is 4.89. The molecule has 0 spiro atoms. The fourth-order valence-corrected chi connectivity index (χ4v) is 0.253. The molecule has 0 unspecified atom stereocenters. The molecule has 0 aromatic rings. The number of rotatable bonds is 2. The Bertz CT molecular complexity index is 107. The van der Waals surface area contributed by atoms with Crippen molar-refractivity contribution in [2.75, 3.05) is 5.88 Å². The van der Waals surface area contributed by atoms with Gasteiger partial charge in [0.25, 0.3) is 0 Å². The van der Waals surface area contributed by atoms with E-state index in [0.717, 1.165) is 6.42 Å². The van der Waals surface area contributed by atoms with Crippen LogP contribution in [0.5, 0.6) is 0 Å². The van der Waals surface area contributed by atoms with Crippen LogP contribution in [0.25, 0.3) is 0 Å². The molecular weight excluding hydrogens is 144 g/mol. The van der Waals surface area contributed by atoms with E-state index in [1.807, 2.05) is 0 Å². The van der Waals surface area contributed by atoms with Crippen LogP contribution in [0.2, 0.25) is 0 Å². The number of carbonyl (C=O) groups is 2. The summed E-state index contributed by atoms with van der Waals surface area (Å²) in [6.07, 6.45) is 1.14. The molecule has 0 atom stereocenters. The number of carbonyl (C=O) groups excluding carboxylic acids is 2. The molecule has 0 saturated carbocycles. The predicted octanol–water partition coefficient (Wildman–Crippen LogP) is 0.519. The summed E-state index contributed by atoms with van der Waals surface area (Å²) in [5.74, 6) is -1.68. The lowest BCUT2D eigenvalue weighted by Gasteiger charge is -1.94. The third-order valence-corrected chi connectivity index (χ3v) is 0.777. The molecule has 4 heteroatoms. The van der Waals surface area contributed by atoms with Crippen LogP contribution in [0.4, 0.5) is 0 Å². The number of hydrogen-bond acceptors (Lipinski definition) is 3. The summed E-state index contributed by atoms with van der Waals surface area (Å²) in [5.41, 5.74) is 0. The maximum atomic E-state index is 10.2. The lowest BCUT2D eigenvalue weighted by molar-refractivity contribution is -0.155. The number of halogens is 1. The summed E-state index contributed by atoms with van der Waals surface area (Å²) in [7, 11) is 0. The Morgan fingerprint density at radius 2 is 2.22 bits per heavy atom. The Labute approximate surface area is 57.9 Å². The smallest absolute Gasteiger partial charge is 0.328 e. The van der Waals surface area contributed by atoms with E-state index >= 15 is 0 Å². The third kappa shape index (κ3) is 3.97. The lowest BCUT2D eigenvalue weighted by atomic mass is 10.5. The van der Waals surface area contributed by atoms with Crippen LogP contribution in [0.15, 0.2) is 0 Å². The standard InChI is InChI=1S/C5H6ClO3/c1-2-4(7)9-5(8)3-6/h2H,3H2,1H3. The molecule has 0 fully saturated rings. The van der Waals surface area contributed by atoms with Crippen LogP contribution >= 0.6 is 11.6 Å². The van der Waals surface area contributed by atoms with E-state index in [1.165, 1.54) is 6.92 Å². The summed E-state index contributed by atoms with van der Waals surface area (Å²) < 4.78 is 4.08. The second-order valence-corrected chi connectivity index (χ2v) is 1.48. The zero-order valence-corrected chi connectivity index (χ0v) is 5.64. The Kier molecular flexibility index (Phi) is 4.05. The molecule has 9 heavy (non-hydrogen) atoms. The minimum absolute atomic E-state index is 0.292. The molecule has 0 saturated heterocycles. The second-order valence-electron chi connectivity index (χ2n) is 1.22. The molecule has 0 bridgehead atoms. The summed E-state index contributed by atoms with van der Waals surface area (Å²) in [5, 5.41) is 0. The molecule has 0 aliphatic rings. The van der Waals surface area contributed by atoms with Crippen LogP contribution in [0.3, 0.4) is 0 Å². The summed E-state index contributed by atoms with van der Waals surface area (Å²) in [6, 6.07) is 0. The van der Waals surface area contributed by atoms with Crippen LogP contribution in [0.1, 0.15) is 6.92 Å². The topological polar surface area (TPSA) is 43.4 Å². The molecule has 51 valence electrons. The van der Waals surface area contributed by atoms with Crippen molar-refractivity contribution in [2.45, 2.75) is 6.92 Å². The van der Waals surface area contributed by atoms with Gasteiger partial charge in [-0.1, -0.05) is 6.92 Å². The molecule has 0 aromatic heterocycles. The Hall–Kier alpha value is -0.570. The Morgan fingerprint density at radius 1 is 1.67 bits per heavy atom. The highest BCUT2D eigenvalue weighted by atomic mass is 35.5. The molecule has 0 heterocycles. The van der Waals surface area contributed by atoms with Gasteiger partial charge >= 0.3 is 11.9 Å². The van der Waals surface area contributed by atoms with Crippen molar-refractivity contribution >= 4 is 23.5 Å². The van der Waals surface area contributed by atoms with Gasteiger partial charge in [-0.2, -0.15) is 0 Å². The monoisotopic (exact) mass is 149 g/mol. The minimum Gasteiger partial charge on any atom is -0.392 e. The van der Waals surface area contributed by atoms with Crippen molar-refractivity contribution in [3.63, 3.8) is 0 Å². The van der Waals surface area contributed by atoms with E-state index in [4.69, 9.17) is 11.6 Å². The van der Waals surface area contributed by atoms with Gasteiger partial charge in [-0.3, -0.25) is 9.59 Å². The summed E-state index contributed by atoms with van der Waals surface area (Å²) in [6.45, 7) is 1.48. The largest absolute Gasteiger partial charge is 0.392 e. The molecule has 0 aliphatic heterocycles. The van der Waals surface area contributed by atoms with Gasteiger partial charge in [-0.05, 0) is 0 Å². The molecule has 0 N–H and O–H groups in total. The van der Waals surface area contributed by atoms with E-state index in [9.17, 15) is 9.59 Å². The molecule has 0 aromatic carbocycles. The van der Waals surface area contributed by atoms with E-state index in [0.29, 0.717) is 0 Å². The average molecular weight is 150 g/mol. The van der Waals surface area contributed by atoms with Crippen LogP contribution < -0.4 is 0 Å². The Balaban J connectivity index is 3.47. The maximum Gasteiger partial charge on any atom is 0.328 e. The fraction of sp³-hybridized carbons (Fsp3) is 0.400. The van der Waals surface area contributed by atoms with Crippen molar-refractivity contribution in [3.8, 4) is 0 Å². The molecule has 1 radical (unpaired) electrons. The number of hydrogen-bond donors (Lipinski definition) is 0. The quantitative estimate of drug-likeness (QED) is 0.327. The van der Waals surface area contributed by atoms with Gasteiger partial charge in [-0.25, -0.2) is 0 Å². The van der Waals surface area contributed by atoms with Crippen molar-refractivity contribution in [1.82, 2.24) is 0 Å². The zero-order chi connectivity index (χ0) is 7.28. The van der Waals surface area contributed by atoms with Gasteiger partial charge in [0.1, 0.15) is 5.88 Å². The second kappa shape index (κ2) is 4.32. The summed E-state index contributed by atoms with van der Waals surface area (Å²) >= 11 is 5.01. The molecular formula is C5H6ClO3. The van der Waals surface area contributed by atoms with Crippen LogP contribution in [0, 0.1) is 6.42 Å². The first-order valence-electron chi connectivity index (χ1n) is 2.30. The maximum absolute atomic E-state index is 10.2. The van der Waals surface area contributed by atoms with Gasteiger partial charge in [0.15, 0.2) is 0 Å². The summed E-state index contributed by atoms with van der Waals surface area (Å²) in [4.78, 5) is 20.4. The third-order valence-electron chi connectivity index (χ3n) is 0.559.